The minimum Gasteiger partial charge on any atom is -0.383 e. The highest BCUT2D eigenvalue weighted by molar-refractivity contribution is 5.99. The van der Waals surface area contributed by atoms with Gasteiger partial charge in [-0.05, 0) is 34.0 Å². The molecule has 100 valence electrons. The van der Waals surface area contributed by atoms with Gasteiger partial charge in [0, 0.05) is 25.3 Å². The standard InChI is InChI=1S/C13H22N4O/c1-5-15-12-9-14-7-6-11(12)13(18)16-8-10(2)17(3)4/h6-7,9-10,15H,5,8H2,1-4H3,(H,16,18). The molecule has 0 fully saturated rings. The number of nitrogens with one attached hydrogen (secondary N) is 2. The molecule has 5 nitrogen and oxygen atoms in total. The van der Waals surface area contributed by atoms with Crippen LogP contribution in [0, 0.1) is 0 Å². The van der Waals surface area contributed by atoms with E-state index < -0.39 is 0 Å². The van der Waals surface area contributed by atoms with E-state index in [9.17, 15) is 4.79 Å². The summed E-state index contributed by atoms with van der Waals surface area (Å²) in [6.07, 6.45) is 3.30. The molecule has 1 atom stereocenters. The number of hydrogen-bond donors (Lipinski definition) is 2. The minimum absolute atomic E-state index is 0.0675. The third-order valence-electron chi connectivity index (χ3n) is 2.87. The number of pyridine rings is 1. The smallest absolute Gasteiger partial charge is 0.253 e. The maximum absolute atomic E-state index is 12.1. The van der Waals surface area contributed by atoms with Gasteiger partial charge in [-0.3, -0.25) is 9.78 Å². The lowest BCUT2D eigenvalue weighted by Crippen LogP contribution is -2.38. The zero-order valence-electron chi connectivity index (χ0n) is 11.5. The van der Waals surface area contributed by atoms with Crippen molar-refractivity contribution < 1.29 is 4.79 Å². The summed E-state index contributed by atoms with van der Waals surface area (Å²) in [5, 5.41) is 6.06. The van der Waals surface area contributed by atoms with Gasteiger partial charge >= 0.3 is 0 Å². The molecular formula is C13H22N4O. The van der Waals surface area contributed by atoms with E-state index in [1.807, 2.05) is 21.0 Å². The van der Waals surface area contributed by atoms with Crippen LogP contribution in [-0.4, -0.2) is 49.0 Å². The van der Waals surface area contributed by atoms with Crippen LogP contribution in [0.15, 0.2) is 18.5 Å². The molecule has 0 saturated heterocycles. The lowest BCUT2D eigenvalue weighted by atomic mass is 10.2. The molecule has 0 aliphatic heterocycles. The summed E-state index contributed by atoms with van der Waals surface area (Å²) < 4.78 is 0. The van der Waals surface area contributed by atoms with E-state index in [0.717, 1.165) is 12.2 Å². The van der Waals surface area contributed by atoms with Gasteiger partial charge in [-0.1, -0.05) is 0 Å². The molecule has 0 aliphatic rings. The summed E-state index contributed by atoms with van der Waals surface area (Å²) in [7, 11) is 3.99. The van der Waals surface area contributed by atoms with Crippen molar-refractivity contribution in [2.45, 2.75) is 19.9 Å². The molecule has 1 aromatic heterocycles. The minimum atomic E-state index is -0.0675. The van der Waals surface area contributed by atoms with Crippen LogP contribution in [-0.2, 0) is 0 Å². The molecule has 1 aromatic rings. The second-order valence-electron chi connectivity index (χ2n) is 4.47. The highest BCUT2D eigenvalue weighted by Crippen LogP contribution is 2.12. The van der Waals surface area contributed by atoms with E-state index in [1.165, 1.54) is 0 Å². The number of anilines is 1. The van der Waals surface area contributed by atoms with Crippen LogP contribution < -0.4 is 10.6 Å². The van der Waals surface area contributed by atoms with Gasteiger partial charge < -0.3 is 15.5 Å². The van der Waals surface area contributed by atoms with E-state index in [4.69, 9.17) is 0 Å². The summed E-state index contributed by atoms with van der Waals surface area (Å²) in [6.45, 7) is 5.45. The van der Waals surface area contributed by atoms with Crippen molar-refractivity contribution in [3.63, 3.8) is 0 Å². The Balaban J connectivity index is 2.66. The van der Waals surface area contributed by atoms with Gasteiger partial charge in [-0.2, -0.15) is 0 Å². The van der Waals surface area contributed by atoms with Crippen LogP contribution >= 0.6 is 0 Å². The normalized spacial score (nSPS) is 12.3. The number of carbonyl (C=O) groups is 1. The molecule has 0 aliphatic carbocycles. The summed E-state index contributed by atoms with van der Waals surface area (Å²) in [4.78, 5) is 18.2. The van der Waals surface area contributed by atoms with Gasteiger partial charge in [-0.25, -0.2) is 0 Å². The summed E-state index contributed by atoms with van der Waals surface area (Å²) in [6, 6.07) is 2.03. The molecule has 0 bridgehead atoms. The highest BCUT2D eigenvalue weighted by Gasteiger charge is 2.12. The van der Waals surface area contributed by atoms with Gasteiger partial charge in [0.2, 0.25) is 0 Å². The van der Waals surface area contributed by atoms with Gasteiger partial charge in [-0.15, -0.1) is 0 Å². The predicted molar refractivity (Wildman–Crippen MR) is 73.9 cm³/mol. The van der Waals surface area contributed by atoms with Crippen LogP contribution in [0.2, 0.25) is 0 Å². The molecule has 0 radical (unpaired) electrons. The first kappa shape index (κ1) is 14.4. The van der Waals surface area contributed by atoms with Gasteiger partial charge in [0.15, 0.2) is 0 Å². The Morgan fingerprint density at radius 1 is 1.50 bits per heavy atom. The first-order valence-corrected chi connectivity index (χ1v) is 6.18. The van der Waals surface area contributed by atoms with Gasteiger partial charge in [0.05, 0.1) is 17.4 Å². The van der Waals surface area contributed by atoms with E-state index in [-0.39, 0.29) is 5.91 Å². The maximum Gasteiger partial charge on any atom is 0.253 e. The lowest BCUT2D eigenvalue weighted by Gasteiger charge is -2.20. The summed E-state index contributed by atoms with van der Waals surface area (Å²) in [5.74, 6) is -0.0675. The Morgan fingerprint density at radius 2 is 2.22 bits per heavy atom. The zero-order valence-corrected chi connectivity index (χ0v) is 11.5. The zero-order chi connectivity index (χ0) is 13.5. The van der Waals surface area contributed by atoms with Crippen molar-refractivity contribution in [2.24, 2.45) is 0 Å². The number of hydrogen-bond acceptors (Lipinski definition) is 4. The fourth-order valence-corrected chi connectivity index (χ4v) is 1.44. The third-order valence-corrected chi connectivity index (χ3v) is 2.87. The Bertz CT molecular complexity index is 392. The Labute approximate surface area is 109 Å². The SMILES string of the molecule is CCNc1cnccc1C(=O)NCC(C)N(C)C. The van der Waals surface area contributed by atoms with Crippen LogP contribution in [0.5, 0.6) is 0 Å². The largest absolute Gasteiger partial charge is 0.383 e. The molecular weight excluding hydrogens is 228 g/mol. The van der Waals surface area contributed by atoms with Crippen molar-refractivity contribution >= 4 is 11.6 Å². The number of likely N-dealkylation sites (N-methyl/N-ethyl adjacent to an activating group) is 1. The Morgan fingerprint density at radius 3 is 2.83 bits per heavy atom. The Kier molecular flexibility index (Phi) is 5.58. The first-order chi connectivity index (χ1) is 8.56. The monoisotopic (exact) mass is 250 g/mol. The summed E-state index contributed by atoms with van der Waals surface area (Å²) >= 11 is 0. The van der Waals surface area contributed by atoms with E-state index in [1.54, 1.807) is 18.5 Å². The maximum atomic E-state index is 12.1. The van der Waals surface area contributed by atoms with Crippen molar-refractivity contribution in [2.75, 3.05) is 32.5 Å². The van der Waals surface area contributed by atoms with Crippen LogP contribution in [0.1, 0.15) is 24.2 Å². The molecule has 5 heteroatoms. The molecule has 18 heavy (non-hydrogen) atoms. The lowest BCUT2D eigenvalue weighted by molar-refractivity contribution is 0.0944. The summed E-state index contributed by atoms with van der Waals surface area (Å²) in [5.41, 5.74) is 1.41. The van der Waals surface area contributed by atoms with Crippen molar-refractivity contribution in [1.29, 1.82) is 0 Å². The Hall–Kier alpha value is -1.62. The predicted octanol–water partition coefficient (Wildman–Crippen LogP) is 1.19. The van der Waals surface area contributed by atoms with E-state index >= 15 is 0 Å². The molecule has 1 rings (SSSR count). The van der Waals surface area contributed by atoms with Crippen molar-refractivity contribution in [3.05, 3.63) is 24.0 Å². The number of aromatic nitrogens is 1. The average Bonchev–Trinajstić information content (AvgIpc) is 2.36. The molecule has 1 unspecified atom stereocenters. The van der Waals surface area contributed by atoms with E-state index in [2.05, 4.69) is 27.4 Å². The fraction of sp³-hybridized carbons (Fsp3) is 0.538. The molecule has 0 aromatic carbocycles. The van der Waals surface area contributed by atoms with Crippen molar-refractivity contribution in [3.8, 4) is 0 Å². The van der Waals surface area contributed by atoms with Crippen LogP contribution in [0.3, 0.4) is 0 Å². The second-order valence-corrected chi connectivity index (χ2v) is 4.47. The third kappa shape index (κ3) is 4.00. The molecule has 0 spiro atoms. The fourth-order valence-electron chi connectivity index (χ4n) is 1.44. The molecule has 1 heterocycles. The van der Waals surface area contributed by atoms with E-state index in [0.29, 0.717) is 18.2 Å². The second kappa shape index (κ2) is 6.96. The quantitative estimate of drug-likeness (QED) is 0.796. The number of carbonyl (C=O) groups excluding carboxylic acids is 1. The van der Waals surface area contributed by atoms with Crippen LogP contribution in [0.25, 0.3) is 0 Å². The molecule has 1 amide bonds. The van der Waals surface area contributed by atoms with Crippen LogP contribution in [0.4, 0.5) is 5.69 Å². The number of amides is 1. The van der Waals surface area contributed by atoms with Gasteiger partial charge in [0.25, 0.3) is 5.91 Å². The number of nitrogens with zero attached hydrogens (tertiary/aromatic N) is 2. The van der Waals surface area contributed by atoms with Crippen molar-refractivity contribution in [1.82, 2.24) is 15.2 Å². The highest BCUT2D eigenvalue weighted by atomic mass is 16.1. The molecule has 0 saturated carbocycles. The topological polar surface area (TPSA) is 57.3 Å². The number of rotatable bonds is 6. The molecule has 2 N–H and O–H groups in total. The first-order valence-electron chi connectivity index (χ1n) is 6.18. The average molecular weight is 250 g/mol. The van der Waals surface area contributed by atoms with Gasteiger partial charge in [0.1, 0.15) is 0 Å².